The van der Waals surface area contributed by atoms with Crippen LogP contribution in [-0.4, -0.2) is 43.8 Å². The van der Waals surface area contributed by atoms with Crippen molar-refractivity contribution in [1.29, 1.82) is 0 Å². The molecule has 4 aromatic heterocycles. The lowest BCUT2D eigenvalue weighted by Crippen LogP contribution is -2.25. The zero-order chi connectivity index (χ0) is 59.9. The first kappa shape index (κ1) is 65.8. The summed E-state index contributed by atoms with van der Waals surface area (Å²) in [5.41, 5.74) is 21.7. The molecule has 4 heteroatoms. The van der Waals surface area contributed by atoms with Gasteiger partial charge in [0.2, 0.25) is 0 Å². The van der Waals surface area contributed by atoms with Crippen molar-refractivity contribution >= 4 is 23.2 Å². The second kappa shape index (κ2) is 31.6. The first-order valence-electron chi connectivity index (χ1n) is 32.6. The van der Waals surface area contributed by atoms with Crippen LogP contribution in [0.4, 0.5) is 0 Å². The maximum Gasteiger partial charge on any atom is 0.0473 e. The second-order valence-corrected chi connectivity index (χ2v) is 26.6. The minimum absolute atomic E-state index is 0. The Morgan fingerprint density at radius 1 is 0.400 bits per heavy atom. The molecule has 7 aromatic rings. The van der Waals surface area contributed by atoms with Gasteiger partial charge in [-0.15, -0.1) is 0 Å². The summed E-state index contributed by atoms with van der Waals surface area (Å²) in [5.74, 6) is 4.55. The van der Waals surface area contributed by atoms with Crippen LogP contribution in [0.1, 0.15) is 227 Å². The van der Waals surface area contributed by atoms with Crippen molar-refractivity contribution in [3.8, 4) is 0 Å². The third-order valence-electron chi connectivity index (χ3n) is 17.9. The van der Waals surface area contributed by atoms with Crippen LogP contribution in [0.15, 0.2) is 188 Å². The van der Waals surface area contributed by atoms with Gasteiger partial charge in [-0.3, -0.25) is 0 Å². The van der Waals surface area contributed by atoms with E-state index >= 15 is 0 Å². The fourth-order valence-electron chi connectivity index (χ4n) is 12.0. The fourth-order valence-corrected chi connectivity index (χ4v) is 12.0. The molecule has 0 spiro atoms. The smallest absolute Gasteiger partial charge is 0.0473 e. The molecule has 2 saturated heterocycles. The van der Waals surface area contributed by atoms with Crippen molar-refractivity contribution in [2.24, 2.45) is 11.8 Å². The predicted molar refractivity (Wildman–Crippen MR) is 372 cm³/mol. The van der Waals surface area contributed by atoms with E-state index in [1.54, 1.807) is 11.1 Å². The van der Waals surface area contributed by atoms with Crippen LogP contribution >= 0.6 is 0 Å². The minimum Gasteiger partial charge on any atom is -0.371 e. The van der Waals surface area contributed by atoms with Crippen LogP contribution in [0.5, 0.6) is 0 Å². The van der Waals surface area contributed by atoms with Gasteiger partial charge in [0.25, 0.3) is 0 Å². The molecule has 0 radical (unpaired) electrons. The average Bonchev–Trinajstić information content (AvgIpc) is 4.47. The Kier molecular flexibility index (Phi) is 24.4. The van der Waals surface area contributed by atoms with Crippen LogP contribution in [0.3, 0.4) is 0 Å². The molecule has 452 valence electrons. The number of pyridine rings is 2. The maximum atomic E-state index is 2.48. The molecule has 3 aliphatic carbocycles. The highest BCUT2D eigenvalue weighted by Gasteiger charge is 2.24. The Balaban J connectivity index is 0.000000142. The molecule has 2 atom stereocenters. The second-order valence-electron chi connectivity index (χ2n) is 26.6. The highest BCUT2D eigenvalue weighted by atomic mass is 15.2. The SMILES string of the molecule is C.CC(C)C1=CC2CCCN2C=C1.CC(C)C1=CN2CCCC2C=C1.CC(C)c1ccc2c(c1)C=CC2.CC(C)c1ccc2c(c1)CC=C2.CC(C)c1ccc2c(c1)CCC2.CC(C)c1ccc2cccn2c1.CC(C)c1ccn2cccc2c1. The Morgan fingerprint density at radius 3 is 1.64 bits per heavy atom. The Labute approximate surface area is 516 Å². The van der Waals surface area contributed by atoms with Crippen molar-refractivity contribution in [1.82, 2.24) is 18.6 Å². The van der Waals surface area contributed by atoms with Gasteiger partial charge in [-0.1, -0.05) is 208 Å². The maximum absolute atomic E-state index is 2.48. The lowest BCUT2D eigenvalue weighted by molar-refractivity contribution is 0.389. The van der Waals surface area contributed by atoms with E-state index in [-0.39, 0.29) is 7.43 Å². The number of fused-ring (bicyclic) bond motifs is 7. The van der Waals surface area contributed by atoms with Gasteiger partial charge in [0.05, 0.1) is 0 Å². The summed E-state index contributed by atoms with van der Waals surface area (Å²) in [6.07, 6.45) is 43.0. The van der Waals surface area contributed by atoms with E-state index in [4.69, 9.17) is 0 Å². The summed E-state index contributed by atoms with van der Waals surface area (Å²) >= 11 is 0. The van der Waals surface area contributed by atoms with Crippen LogP contribution in [0, 0.1) is 11.8 Å². The van der Waals surface area contributed by atoms with Gasteiger partial charge in [-0.05, 0) is 226 Å². The summed E-state index contributed by atoms with van der Waals surface area (Å²) in [6.45, 7) is 33.9. The molecule has 85 heavy (non-hydrogen) atoms. The Hall–Kier alpha value is -6.78. The largest absolute Gasteiger partial charge is 0.371 e. The molecular formula is C81H108N4. The van der Waals surface area contributed by atoms with Crippen LogP contribution < -0.4 is 0 Å². The standard InChI is InChI=1S/C12H16.2C12H14.C11H17N.C11H13N.C11H17N.C11H13N.CH4/c3*1-9(2)11-7-6-10-4-3-5-12(10)8-11;2*1-9(2)10-5-6-11-4-3-7-12(11)8-10;2*1-9(2)10-5-7-12-6-3-4-11(12)8-10;/h6-9H,3-5H2,1-2H3;3,5-9H,4H2,1-2H3;3-4,6-9H,5H2,1-2H3;5-6,8-9,11H,3-4,7H2,1-2H3;3-9H,1-2H3;5,7-9,11H,3-4,6H2,1-2H3;3-9H,1-2H3;1H4. The van der Waals surface area contributed by atoms with E-state index in [2.05, 4.69) is 304 Å². The van der Waals surface area contributed by atoms with E-state index in [1.165, 1.54) is 130 Å². The van der Waals surface area contributed by atoms with E-state index in [9.17, 15) is 0 Å². The number of aromatic nitrogens is 2. The fraction of sp³-hybridized carbons (Fsp3) is 0.432. The molecule has 3 aromatic carbocycles. The number of rotatable bonds is 7. The molecule has 4 nitrogen and oxygen atoms in total. The van der Waals surface area contributed by atoms with Crippen molar-refractivity contribution < 1.29 is 0 Å². The zero-order valence-corrected chi connectivity index (χ0v) is 54.2. The minimum atomic E-state index is 0. The molecule has 0 saturated carbocycles. The van der Waals surface area contributed by atoms with Gasteiger partial charge in [0.15, 0.2) is 0 Å². The lowest BCUT2D eigenvalue weighted by Gasteiger charge is -2.26. The molecular weight excluding hydrogens is 1030 g/mol. The molecule has 2 unspecified atom stereocenters. The van der Waals surface area contributed by atoms with Gasteiger partial charge in [-0.25, -0.2) is 0 Å². The average molecular weight is 1140 g/mol. The van der Waals surface area contributed by atoms with Crippen LogP contribution in [-0.2, 0) is 25.7 Å². The van der Waals surface area contributed by atoms with Gasteiger partial charge in [-0.2, -0.15) is 0 Å². The van der Waals surface area contributed by atoms with Gasteiger partial charge >= 0.3 is 0 Å². The molecule has 7 aliphatic rings. The summed E-state index contributed by atoms with van der Waals surface area (Å²) < 4.78 is 4.29. The summed E-state index contributed by atoms with van der Waals surface area (Å²) in [6, 6.07) is 39.2. The van der Waals surface area contributed by atoms with E-state index in [0.29, 0.717) is 53.5 Å². The number of nitrogens with zero attached hydrogens (tertiary/aromatic N) is 4. The van der Waals surface area contributed by atoms with Gasteiger partial charge in [0, 0.05) is 67.2 Å². The van der Waals surface area contributed by atoms with E-state index in [0.717, 1.165) is 12.8 Å². The molecule has 0 N–H and O–H groups in total. The first-order valence-corrected chi connectivity index (χ1v) is 32.6. The highest BCUT2D eigenvalue weighted by molar-refractivity contribution is 5.61. The topological polar surface area (TPSA) is 15.3 Å². The number of hydrogen-bond donors (Lipinski definition) is 0. The molecule has 14 rings (SSSR count). The monoisotopic (exact) mass is 1140 g/mol. The number of hydrogen-bond acceptors (Lipinski definition) is 2. The van der Waals surface area contributed by atoms with Crippen molar-refractivity contribution in [3.05, 3.63) is 249 Å². The Morgan fingerprint density at radius 2 is 0.953 bits per heavy atom. The Bertz CT molecular complexity index is 3260. The molecule has 0 amide bonds. The number of aryl methyl sites for hydroxylation is 2. The first-order chi connectivity index (χ1) is 40.4. The summed E-state index contributed by atoms with van der Waals surface area (Å²) in [4.78, 5) is 4.93. The molecule has 0 bridgehead atoms. The highest BCUT2D eigenvalue weighted by Crippen LogP contribution is 2.30. The summed E-state index contributed by atoms with van der Waals surface area (Å²) in [5, 5.41) is 0. The van der Waals surface area contributed by atoms with E-state index in [1.807, 2.05) is 0 Å². The van der Waals surface area contributed by atoms with Crippen LogP contribution in [0.2, 0.25) is 0 Å². The van der Waals surface area contributed by atoms with Crippen molar-refractivity contribution in [2.75, 3.05) is 13.1 Å². The lowest BCUT2D eigenvalue weighted by atomic mass is 9.98. The predicted octanol–water partition coefficient (Wildman–Crippen LogP) is 21.9. The van der Waals surface area contributed by atoms with Gasteiger partial charge < -0.3 is 18.6 Å². The van der Waals surface area contributed by atoms with E-state index < -0.39 is 0 Å². The van der Waals surface area contributed by atoms with Crippen molar-refractivity contribution in [3.63, 3.8) is 0 Å². The summed E-state index contributed by atoms with van der Waals surface area (Å²) in [7, 11) is 0. The normalized spacial score (nSPS) is 17.1. The van der Waals surface area contributed by atoms with Crippen molar-refractivity contribution in [2.45, 2.75) is 204 Å². The molecule has 4 aliphatic heterocycles. The zero-order valence-electron chi connectivity index (χ0n) is 54.2. The van der Waals surface area contributed by atoms with Gasteiger partial charge in [0.1, 0.15) is 0 Å². The number of benzene rings is 3. The molecule has 8 heterocycles. The molecule has 2 fully saturated rings. The number of allylic oxidation sites excluding steroid dienone is 6. The third kappa shape index (κ3) is 18.4. The third-order valence-corrected chi connectivity index (χ3v) is 17.9. The van der Waals surface area contributed by atoms with Crippen LogP contribution in [0.25, 0.3) is 23.2 Å². The quantitative estimate of drug-likeness (QED) is 0.158.